The van der Waals surface area contributed by atoms with Crippen molar-refractivity contribution >= 4 is 5.91 Å². The first-order valence-corrected chi connectivity index (χ1v) is 8.95. The van der Waals surface area contributed by atoms with E-state index in [1.165, 1.54) is 5.56 Å². The Balaban J connectivity index is 1.46. The molecule has 2 aromatic rings. The summed E-state index contributed by atoms with van der Waals surface area (Å²) in [5, 5.41) is 8.14. The molecular formula is C19H26N4O2. The maximum atomic E-state index is 12.6. The van der Waals surface area contributed by atoms with Gasteiger partial charge in [0.05, 0.1) is 13.2 Å². The number of hydrogen-bond acceptors (Lipinski definition) is 4. The van der Waals surface area contributed by atoms with Gasteiger partial charge >= 0.3 is 0 Å². The van der Waals surface area contributed by atoms with Crippen LogP contribution in [0.5, 0.6) is 5.75 Å². The van der Waals surface area contributed by atoms with Crippen molar-refractivity contribution < 1.29 is 9.53 Å². The van der Waals surface area contributed by atoms with Crippen LogP contribution in [0, 0.1) is 0 Å². The molecule has 2 heterocycles. The van der Waals surface area contributed by atoms with Crippen LogP contribution in [-0.2, 0) is 18.3 Å². The van der Waals surface area contributed by atoms with Crippen molar-refractivity contribution in [3.8, 4) is 5.75 Å². The van der Waals surface area contributed by atoms with Crippen LogP contribution in [0.25, 0.3) is 0 Å². The van der Waals surface area contributed by atoms with Gasteiger partial charge in [0.15, 0.2) is 5.82 Å². The fourth-order valence-electron chi connectivity index (χ4n) is 3.47. The predicted molar refractivity (Wildman–Crippen MR) is 95.2 cm³/mol. The van der Waals surface area contributed by atoms with Crippen LogP contribution in [-0.4, -0.2) is 39.2 Å². The molecule has 6 heteroatoms. The van der Waals surface area contributed by atoms with E-state index in [1.54, 1.807) is 13.4 Å². The number of aromatic nitrogens is 3. The molecule has 0 N–H and O–H groups in total. The molecule has 0 radical (unpaired) electrons. The third-order valence-corrected chi connectivity index (χ3v) is 4.88. The van der Waals surface area contributed by atoms with Crippen molar-refractivity contribution in [1.29, 1.82) is 0 Å². The molecule has 0 aliphatic carbocycles. The molecule has 3 rings (SSSR count). The number of hydrogen-bond donors (Lipinski definition) is 0. The Hall–Kier alpha value is -2.37. The molecule has 1 atom stereocenters. The highest BCUT2D eigenvalue weighted by molar-refractivity contribution is 5.76. The molecule has 25 heavy (non-hydrogen) atoms. The summed E-state index contributed by atoms with van der Waals surface area (Å²) in [6.45, 7) is 0.828. The summed E-state index contributed by atoms with van der Waals surface area (Å²) in [6, 6.07) is 8.23. The highest BCUT2D eigenvalue weighted by Gasteiger charge is 2.32. The minimum Gasteiger partial charge on any atom is -0.497 e. The molecule has 0 bridgehead atoms. The van der Waals surface area contributed by atoms with Gasteiger partial charge in [0, 0.05) is 20.0 Å². The van der Waals surface area contributed by atoms with Crippen molar-refractivity contribution in [2.45, 2.75) is 44.6 Å². The first kappa shape index (κ1) is 17.5. The minimum atomic E-state index is 0.0848. The van der Waals surface area contributed by atoms with E-state index in [0.29, 0.717) is 6.42 Å². The molecule has 1 aromatic carbocycles. The highest BCUT2D eigenvalue weighted by Crippen LogP contribution is 2.31. The van der Waals surface area contributed by atoms with E-state index < -0.39 is 0 Å². The minimum absolute atomic E-state index is 0.0848. The van der Waals surface area contributed by atoms with Gasteiger partial charge in [-0.25, -0.2) is 0 Å². The van der Waals surface area contributed by atoms with Crippen molar-refractivity contribution in [3.63, 3.8) is 0 Å². The summed E-state index contributed by atoms with van der Waals surface area (Å²) in [6.07, 6.45) is 7.23. The number of amides is 1. The quantitative estimate of drug-likeness (QED) is 0.726. The summed E-state index contributed by atoms with van der Waals surface area (Å²) in [5.41, 5.74) is 1.28. The SMILES string of the molecule is COc1ccc(CCCCC(=O)N2CCCC2c2nncn2C)cc1. The molecule has 6 nitrogen and oxygen atoms in total. The van der Waals surface area contributed by atoms with Gasteiger partial charge in [0.1, 0.15) is 12.1 Å². The molecule has 0 spiro atoms. The number of aryl methyl sites for hydroxylation is 2. The Morgan fingerprint density at radius 3 is 2.76 bits per heavy atom. The smallest absolute Gasteiger partial charge is 0.223 e. The number of carbonyl (C=O) groups excluding carboxylic acids is 1. The number of unbranched alkanes of at least 4 members (excludes halogenated alkanes) is 1. The molecule has 1 aliphatic rings. The van der Waals surface area contributed by atoms with Crippen LogP contribution in [0.4, 0.5) is 0 Å². The van der Waals surface area contributed by atoms with E-state index in [4.69, 9.17) is 4.74 Å². The van der Waals surface area contributed by atoms with Crippen molar-refractivity contribution in [3.05, 3.63) is 42.0 Å². The van der Waals surface area contributed by atoms with Gasteiger partial charge in [0.25, 0.3) is 0 Å². The van der Waals surface area contributed by atoms with Crippen LogP contribution in [0.3, 0.4) is 0 Å². The Bertz CT molecular complexity index is 696. The zero-order valence-electron chi connectivity index (χ0n) is 15.0. The highest BCUT2D eigenvalue weighted by atomic mass is 16.5. The number of rotatable bonds is 7. The zero-order chi connectivity index (χ0) is 17.6. The lowest BCUT2D eigenvalue weighted by Crippen LogP contribution is -2.31. The predicted octanol–water partition coefficient (Wildman–Crippen LogP) is 2.90. The summed E-state index contributed by atoms with van der Waals surface area (Å²) in [7, 11) is 3.61. The molecule has 1 fully saturated rings. The molecule has 1 unspecified atom stereocenters. The van der Waals surface area contributed by atoms with Crippen molar-refractivity contribution in [2.75, 3.05) is 13.7 Å². The summed E-state index contributed by atoms with van der Waals surface area (Å²) in [4.78, 5) is 14.6. The van der Waals surface area contributed by atoms with E-state index in [9.17, 15) is 4.79 Å². The number of methoxy groups -OCH3 is 1. The van der Waals surface area contributed by atoms with E-state index in [1.807, 2.05) is 28.6 Å². The van der Waals surface area contributed by atoms with E-state index in [-0.39, 0.29) is 11.9 Å². The largest absolute Gasteiger partial charge is 0.497 e. The normalized spacial score (nSPS) is 17.0. The first-order valence-electron chi connectivity index (χ1n) is 8.95. The van der Waals surface area contributed by atoms with Crippen LogP contribution >= 0.6 is 0 Å². The van der Waals surface area contributed by atoms with Gasteiger partial charge in [-0.3, -0.25) is 4.79 Å². The molecule has 1 saturated heterocycles. The topological polar surface area (TPSA) is 60.2 Å². The second-order valence-electron chi connectivity index (χ2n) is 6.60. The van der Waals surface area contributed by atoms with Gasteiger partial charge in [-0.15, -0.1) is 10.2 Å². The Morgan fingerprint density at radius 2 is 2.08 bits per heavy atom. The Labute approximate surface area is 148 Å². The third-order valence-electron chi connectivity index (χ3n) is 4.88. The summed E-state index contributed by atoms with van der Waals surface area (Å²) < 4.78 is 7.09. The molecule has 1 aliphatic heterocycles. The second kappa shape index (κ2) is 8.14. The lowest BCUT2D eigenvalue weighted by molar-refractivity contribution is -0.132. The number of benzene rings is 1. The zero-order valence-corrected chi connectivity index (χ0v) is 15.0. The maximum Gasteiger partial charge on any atom is 0.223 e. The van der Waals surface area contributed by atoms with Gasteiger partial charge in [-0.2, -0.15) is 0 Å². The number of nitrogens with zero attached hydrogens (tertiary/aromatic N) is 4. The molecule has 1 amide bonds. The van der Waals surface area contributed by atoms with Crippen LogP contribution in [0.2, 0.25) is 0 Å². The first-order chi connectivity index (χ1) is 12.2. The van der Waals surface area contributed by atoms with E-state index in [0.717, 1.165) is 50.2 Å². The fraction of sp³-hybridized carbons (Fsp3) is 0.526. The monoisotopic (exact) mass is 342 g/mol. The lowest BCUT2D eigenvalue weighted by atomic mass is 10.1. The molecule has 1 aromatic heterocycles. The van der Waals surface area contributed by atoms with E-state index in [2.05, 4.69) is 22.3 Å². The number of ether oxygens (including phenoxy) is 1. The van der Waals surface area contributed by atoms with E-state index >= 15 is 0 Å². The van der Waals surface area contributed by atoms with Gasteiger partial charge in [-0.1, -0.05) is 12.1 Å². The Kier molecular flexibility index (Phi) is 5.68. The van der Waals surface area contributed by atoms with Crippen molar-refractivity contribution in [2.24, 2.45) is 7.05 Å². The average molecular weight is 342 g/mol. The summed E-state index contributed by atoms with van der Waals surface area (Å²) >= 11 is 0. The van der Waals surface area contributed by atoms with Crippen LogP contribution < -0.4 is 4.74 Å². The molecular weight excluding hydrogens is 316 g/mol. The second-order valence-corrected chi connectivity index (χ2v) is 6.60. The fourth-order valence-corrected chi connectivity index (χ4v) is 3.47. The molecule has 134 valence electrons. The number of carbonyl (C=O) groups is 1. The van der Waals surface area contributed by atoms with Gasteiger partial charge < -0.3 is 14.2 Å². The van der Waals surface area contributed by atoms with Crippen molar-refractivity contribution in [1.82, 2.24) is 19.7 Å². The lowest BCUT2D eigenvalue weighted by Gasteiger charge is -2.24. The van der Waals surface area contributed by atoms with Gasteiger partial charge in [0.2, 0.25) is 5.91 Å². The standard InChI is InChI=1S/C19H26N4O2/c1-22-14-20-21-19(22)17-7-5-13-23(17)18(24)8-4-3-6-15-9-11-16(25-2)12-10-15/h9-12,14,17H,3-8,13H2,1-2H3. The average Bonchev–Trinajstić information content (AvgIpc) is 3.27. The van der Waals surface area contributed by atoms with Crippen LogP contribution in [0.15, 0.2) is 30.6 Å². The van der Waals surface area contributed by atoms with Gasteiger partial charge in [-0.05, 0) is 49.8 Å². The Morgan fingerprint density at radius 1 is 1.28 bits per heavy atom. The summed E-state index contributed by atoms with van der Waals surface area (Å²) in [5.74, 6) is 2.01. The maximum absolute atomic E-state index is 12.6. The van der Waals surface area contributed by atoms with Crippen LogP contribution in [0.1, 0.15) is 49.5 Å². The third kappa shape index (κ3) is 4.18. The molecule has 0 saturated carbocycles. The number of likely N-dealkylation sites (tertiary alicyclic amines) is 1.